The van der Waals surface area contributed by atoms with E-state index < -0.39 is 0 Å². The van der Waals surface area contributed by atoms with Gasteiger partial charge < -0.3 is 24.9 Å². The summed E-state index contributed by atoms with van der Waals surface area (Å²) in [6.45, 7) is 1.84. The number of pyridine rings is 1. The first kappa shape index (κ1) is 20.7. The Balaban J connectivity index is 1.28. The number of oxazole rings is 1. The molecule has 5 rings (SSSR count). The molecule has 0 spiro atoms. The molecule has 8 heteroatoms. The van der Waals surface area contributed by atoms with Gasteiger partial charge in [-0.25, -0.2) is 9.97 Å². The van der Waals surface area contributed by atoms with Crippen LogP contribution in [0.25, 0.3) is 11.1 Å². The van der Waals surface area contributed by atoms with E-state index >= 15 is 0 Å². The van der Waals surface area contributed by atoms with Gasteiger partial charge in [-0.1, -0.05) is 6.07 Å². The van der Waals surface area contributed by atoms with E-state index in [0.717, 1.165) is 60.7 Å². The maximum absolute atomic E-state index is 12.6. The van der Waals surface area contributed by atoms with Crippen LogP contribution >= 0.6 is 0 Å². The van der Waals surface area contributed by atoms with Crippen LogP contribution in [0.4, 0.5) is 5.82 Å². The van der Waals surface area contributed by atoms with Crippen molar-refractivity contribution in [2.75, 3.05) is 18.5 Å². The van der Waals surface area contributed by atoms with Gasteiger partial charge in [-0.15, -0.1) is 0 Å². The molecule has 0 radical (unpaired) electrons. The predicted molar refractivity (Wildman–Crippen MR) is 118 cm³/mol. The fourth-order valence-electron chi connectivity index (χ4n) is 4.11. The number of nitrogens with two attached hydrogens (primary N) is 1. The number of nitrogens with zero attached hydrogens (tertiary/aromatic N) is 2. The summed E-state index contributed by atoms with van der Waals surface area (Å²) in [5.74, 6) is 2.02. The average Bonchev–Trinajstić information content (AvgIpc) is 3.45. The zero-order chi connectivity index (χ0) is 21.9. The smallest absolute Gasteiger partial charge is 0.229 e. The number of rotatable bonds is 7. The largest absolute Gasteiger partial charge is 0.490 e. The zero-order valence-corrected chi connectivity index (χ0v) is 17.7. The van der Waals surface area contributed by atoms with Gasteiger partial charge in [-0.2, -0.15) is 0 Å². The molecule has 0 bridgehead atoms. The molecule has 166 valence electrons. The van der Waals surface area contributed by atoms with Gasteiger partial charge in [-0.05, 0) is 41.8 Å². The van der Waals surface area contributed by atoms with Gasteiger partial charge in [0.25, 0.3) is 0 Å². The summed E-state index contributed by atoms with van der Waals surface area (Å²) in [4.78, 5) is 20.8. The minimum absolute atomic E-state index is 0.0566. The Morgan fingerprint density at radius 3 is 2.81 bits per heavy atom. The van der Waals surface area contributed by atoms with Crippen molar-refractivity contribution in [1.29, 1.82) is 0 Å². The van der Waals surface area contributed by atoms with Crippen LogP contribution in [-0.4, -0.2) is 35.2 Å². The minimum Gasteiger partial charge on any atom is -0.490 e. The van der Waals surface area contributed by atoms with E-state index in [0.29, 0.717) is 12.4 Å². The zero-order valence-electron chi connectivity index (χ0n) is 17.7. The Kier molecular flexibility index (Phi) is 5.87. The molecule has 1 aromatic carbocycles. The van der Waals surface area contributed by atoms with Crippen molar-refractivity contribution in [3.05, 3.63) is 60.4 Å². The monoisotopic (exact) mass is 434 g/mol. The number of benzene rings is 1. The number of carbonyl (C=O) groups is 1. The number of hydrogen-bond donors (Lipinski definition) is 2. The van der Waals surface area contributed by atoms with Gasteiger partial charge in [0.05, 0.1) is 19.4 Å². The Morgan fingerprint density at radius 1 is 1.19 bits per heavy atom. The summed E-state index contributed by atoms with van der Waals surface area (Å²) in [5, 5.41) is 2.93. The van der Waals surface area contributed by atoms with Gasteiger partial charge in [-0.3, -0.25) is 4.79 Å². The quantitative estimate of drug-likeness (QED) is 0.585. The molecule has 2 fully saturated rings. The number of ether oxygens (including phenoxy) is 2. The SMILES string of the molecule is NCc1cc(-c2ccnc(NC(=O)[C@@H]3C[C@H]3c3cnco3)c2)ccc1OC1CCOCC1. The minimum atomic E-state index is -0.112. The molecule has 32 heavy (non-hydrogen) atoms. The molecule has 1 saturated carbocycles. The summed E-state index contributed by atoms with van der Waals surface area (Å²) in [6.07, 6.45) is 7.44. The van der Waals surface area contributed by atoms with E-state index in [1.54, 1.807) is 12.4 Å². The Hall–Kier alpha value is -3.23. The molecule has 0 unspecified atom stereocenters. The molecular formula is C24H26N4O4. The number of aromatic nitrogens is 2. The van der Waals surface area contributed by atoms with E-state index in [2.05, 4.69) is 15.3 Å². The maximum Gasteiger partial charge on any atom is 0.229 e. The maximum atomic E-state index is 12.6. The second-order valence-corrected chi connectivity index (χ2v) is 8.23. The molecule has 1 saturated heterocycles. The highest BCUT2D eigenvalue weighted by Crippen LogP contribution is 2.47. The second kappa shape index (κ2) is 9.10. The molecule has 3 heterocycles. The van der Waals surface area contributed by atoms with E-state index in [-0.39, 0.29) is 23.8 Å². The topological polar surface area (TPSA) is 112 Å². The van der Waals surface area contributed by atoms with Gasteiger partial charge in [0, 0.05) is 43.0 Å². The van der Waals surface area contributed by atoms with E-state index in [1.807, 2.05) is 30.3 Å². The summed E-state index contributed by atoms with van der Waals surface area (Å²) in [5.41, 5.74) is 8.90. The predicted octanol–water partition coefficient (Wildman–Crippen LogP) is 3.50. The van der Waals surface area contributed by atoms with Crippen LogP contribution in [0, 0.1) is 5.92 Å². The fourth-order valence-corrected chi connectivity index (χ4v) is 4.11. The number of amides is 1. The van der Waals surface area contributed by atoms with Crippen molar-refractivity contribution in [3.8, 4) is 16.9 Å². The van der Waals surface area contributed by atoms with Gasteiger partial charge >= 0.3 is 0 Å². The molecule has 2 atom stereocenters. The lowest BCUT2D eigenvalue weighted by atomic mass is 10.0. The molecule has 1 amide bonds. The molecule has 3 N–H and O–H groups in total. The third kappa shape index (κ3) is 4.51. The Morgan fingerprint density at radius 2 is 2.03 bits per heavy atom. The van der Waals surface area contributed by atoms with Crippen LogP contribution in [0.5, 0.6) is 5.75 Å². The summed E-state index contributed by atoms with van der Waals surface area (Å²) in [6, 6.07) is 9.81. The highest BCUT2D eigenvalue weighted by atomic mass is 16.5. The highest BCUT2D eigenvalue weighted by Gasteiger charge is 2.46. The number of carbonyl (C=O) groups excluding carboxylic acids is 1. The number of anilines is 1. The standard InChI is InChI=1S/C24H26N4O4/c25-12-17-9-15(1-2-21(17)32-18-4-7-30-8-5-18)16-3-6-27-23(10-16)28-24(29)20-11-19(20)22-13-26-14-31-22/h1-3,6,9-10,13-14,18-20H,4-5,7-8,11-12,25H2,(H,27,28,29)/t19-,20-/m1/s1. The van der Waals surface area contributed by atoms with Crippen molar-refractivity contribution in [2.24, 2.45) is 11.7 Å². The molecule has 1 aliphatic carbocycles. The molecule has 3 aromatic rings. The van der Waals surface area contributed by atoms with E-state index in [1.165, 1.54) is 6.39 Å². The molecular weight excluding hydrogens is 408 g/mol. The van der Waals surface area contributed by atoms with Gasteiger partial charge in [0.1, 0.15) is 23.4 Å². The Bertz CT molecular complexity index is 1080. The first-order valence-electron chi connectivity index (χ1n) is 10.9. The lowest BCUT2D eigenvalue weighted by molar-refractivity contribution is -0.117. The van der Waals surface area contributed by atoms with Crippen molar-refractivity contribution in [3.63, 3.8) is 0 Å². The van der Waals surface area contributed by atoms with Crippen LogP contribution in [0.1, 0.15) is 36.5 Å². The van der Waals surface area contributed by atoms with Gasteiger partial charge in [0.2, 0.25) is 5.91 Å². The molecule has 8 nitrogen and oxygen atoms in total. The van der Waals surface area contributed by atoms with Gasteiger partial charge in [0.15, 0.2) is 6.39 Å². The first-order chi connectivity index (χ1) is 15.7. The van der Waals surface area contributed by atoms with Crippen LogP contribution in [-0.2, 0) is 16.1 Å². The molecule has 2 aliphatic rings. The van der Waals surface area contributed by atoms with E-state index in [9.17, 15) is 4.79 Å². The van der Waals surface area contributed by atoms with Crippen LogP contribution in [0.15, 0.2) is 53.5 Å². The average molecular weight is 434 g/mol. The van der Waals surface area contributed by atoms with Crippen molar-refractivity contribution in [2.45, 2.75) is 37.8 Å². The van der Waals surface area contributed by atoms with Crippen molar-refractivity contribution in [1.82, 2.24) is 9.97 Å². The van der Waals surface area contributed by atoms with Crippen LogP contribution in [0.3, 0.4) is 0 Å². The first-order valence-corrected chi connectivity index (χ1v) is 10.9. The van der Waals surface area contributed by atoms with Crippen molar-refractivity contribution < 1.29 is 18.7 Å². The fraction of sp³-hybridized carbons (Fsp3) is 0.375. The third-order valence-corrected chi connectivity index (χ3v) is 6.03. The summed E-state index contributed by atoms with van der Waals surface area (Å²) in [7, 11) is 0. The lowest BCUT2D eigenvalue weighted by Gasteiger charge is -2.24. The number of hydrogen-bond acceptors (Lipinski definition) is 7. The third-order valence-electron chi connectivity index (χ3n) is 6.03. The Labute approximate surface area is 186 Å². The van der Waals surface area contributed by atoms with Crippen LogP contribution < -0.4 is 15.8 Å². The van der Waals surface area contributed by atoms with Crippen molar-refractivity contribution >= 4 is 11.7 Å². The normalized spacial score (nSPS) is 20.7. The molecule has 1 aliphatic heterocycles. The second-order valence-electron chi connectivity index (χ2n) is 8.23. The number of nitrogens with one attached hydrogen (secondary N) is 1. The van der Waals surface area contributed by atoms with Crippen LogP contribution in [0.2, 0.25) is 0 Å². The lowest BCUT2D eigenvalue weighted by Crippen LogP contribution is -2.26. The van der Waals surface area contributed by atoms with E-state index in [4.69, 9.17) is 19.6 Å². The summed E-state index contributed by atoms with van der Waals surface area (Å²) < 4.78 is 16.9. The summed E-state index contributed by atoms with van der Waals surface area (Å²) >= 11 is 0. The molecule has 2 aromatic heterocycles. The highest BCUT2D eigenvalue weighted by molar-refractivity contribution is 5.94.